The number of hydrogen-bond donors (Lipinski definition) is 2. The third kappa shape index (κ3) is 4.54. The summed E-state index contributed by atoms with van der Waals surface area (Å²) in [7, 11) is 1.65. The van der Waals surface area contributed by atoms with Crippen molar-refractivity contribution in [1.82, 2.24) is 5.32 Å². The van der Waals surface area contributed by atoms with Gasteiger partial charge in [-0.25, -0.2) is 9.18 Å². The number of hydrogen-bond acceptors (Lipinski definition) is 2. The van der Waals surface area contributed by atoms with Gasteiger partial charge >= 0.3 is 6.03 Å². The molecular weight excluding hydrogens is 297 g/mol. The van der Waals surface area contributed by atoms with E-state index in [4.69, 9.17) is 0 Å². The van der Waals surface area contributed by atoms with Crippen molar-refractivity contribution in [3.05, 3.63) is 59.9 Å². The highest BCUT2D eigenvalue weighted by molar-refractivity contribution is 5.93. The molecule has 2 aromatic rings. The van der Waals surface area contributed by atoms with Gasteiger partial charge in [-0.05, 0) is 24.3 Å². The van der Waals surface area contributed by atoms with Crippen molar-refractivity contribution in [2.75, 3.05) is 17.3 Å². The van der Waals surface area contributed by atoms with Gasteiger partial charge in [-0.3, -0.25) is 4.79 Å². The zero-order valence-electron chi connectivity index (χ0n) is 13.0. The Morgan fingerprint density at radius 2 is 1.87 bits per heavy atom. The van der Waals surface area contributed by atoms with Crippen molar-refractivity contribution in [1.29, 1.82) is 0 Å². The zero-order chi connectivity index (χ0) is 16.8. The molecule has 3 amide bonds. The first kappa shape index (κ1) is 16.5. The number of benzene rings is 2. The first-order valence-corrected chi connectivity index (χ1v) is 7.10. The van der Waals surface area contributed by atoms with Crippen molar-refractivity contribution in [3.63, 3.8) is 0 Å². The van der Waals surface area contributed by atoms with Crippen LogP contribution in [0.3, 0.4) is 0 Å². The zero-order valence-corrected chi connectivity index (χ0v) is 13.0. The lowest BCUT2D eigenvalue weighted by molar-refractivity contribution is -0.116. The molecule has 2 rings (SSSR count). The van der Waals surface area contributed by atoms with Crippen molar-refractivity contribution >= 4 is 23.3 Å². The molecule has 0 unspecified atom stereocenters. The maximum atomic E-state index is 13.5. The fourth-order valence-electron chi connectivity index (χ4n) is 1.97. The maximum Gasteiger partial charge on any atom is 0.319 e. The molecule has 2 N–H and O–H groups in total. The average molecular weight is 315 g/mol. The van der Waals surface area contributed by atoms with Crippen molar-refractivity contribution < 1.29 is 14.0 Å². The molecule has 0 atom stereocenters. The van der Waals surface area contributed by atoms with Gasteiger partial charge in [0.25, 0.3) is 0 Å². The molecule has 0 fully saturated rings. The van der Waals surface area contributed by atoms with E-state index in [0.717, 1.165) is 0 Å². The highest BCUT2D eigenvalue weighted by Crippen LogP contribution is 2.18. The molecule has 0 aliphatic rings. The minimum absolute atomic E-state index is 0.0888. The SMILES string of the molecule is CC(=O)N(C)c1cccc(NC(=O)NCc2ccccc2F)c1. The number of carbonyl (C=O) groups is 2. The van der Waals surface area contributed by atoms with Gasteiger partial charge in [0.15, 0.2) is 0 Å². The van der Waals surface area contributed by atoms with Crippen molar-refractivity contribution in [2.45, 2.75) is 13.5 Å². The van der Waals surface area contributed by atoms with Gasteiger partial charge in [-0.2, -0.15) is 0 Å². The third-order valence-corrected chi connectivity index (χ3v) is 3.36. The summed E-state index contributed by atoms with van der Waals surface area (Å²) in [6, 6.07) is 12.7. The van der Waals surface area contributed by atoms with Crippen LogP contribution >= 0.6 is 0 Å². The summed E-state index contributed by atoms with van der Waals surface area (Å²) in [4.78, 5) is 24.7. The molecular formula is C17H18FN3O2. The molecule has 0 saturated carbocycles. The van der Waals surface area contributed by atoms with Crippen LogP contribution < -0.4 is 15.5 Å². The number of amides is 3. The molecule has 6 heteroatoms. The Labute approximate surface area is 134 Å². The summed E-state index contributed by atoms with van der Waals surface area (Å²) in [5.74, 6) is -0.468. The van der Waals surface area contributed by atoms with Crippen LogP contribution in [0.2, 0.25) is 0 Å². The van der Waals surface area contributed by atoms with Crippen LogP contribution in [-0.4, -0.2) is 19.0 Å². The van der Waals surface area contributed by atoms with Crippen LogP contribution in [0.15, 0.2) is 48.5 Å². The lowest BCUT2D eigenvalue weighted by Gasteiger charge is -2.16. The Hall–Kier alpha value is -2.89. The van der Waals surface area contributed by atoms with Crippen LogP contribution in [0, 0.1) is 5.82 Å². The van der Waals surface area contributed by atoms with E-state index in [1.165, 1.54) is 17.9 Å². The van der Waals surface area contributed by atoms with Crippen LogP contribution in [0.1, 0.15) is 12.5 Å². The molecule has 0 bridgehead atoms. The van der Waals surface area contributed by atoms with E-state index < -0.39 is 6.03 Å². The molecule has 120 valence electrons. The maximum absolute atomic E-state index is 13.5. The van der Waals surface area contributed by atoms with Crippen LogP contribution in [0.25, 0.3) is 0 Å². The number of carbonyl (C=O) groups excluding carboxylic acids is 2. The predicted molar refractivity (Wildman–Crippen MR) is 87.8 cm³/mol. The summed E-state index contributed by atoms with van der Waals surface area (Å²) < 4.78 is 13.5. The monoisotopic (exact) mass is 315 g/mol. The van der Waals surface area contributed by atoms with Crippen LogP contribution in [0.4, 0.5) is 20.6 Å². The highest BCUT2D eigenvalue weighted by Gasteiger charge is 2.08. The molecule has 0 aliphatic heterocycles. The lowest BCUT2D eigenvalue weighted by atomic mass is 10.2. The normalized spacial score (nSPS) is 10.0. The van der Waals surface area contributed by atoms with Gasteiger partial charge in [0.05, 0.1) is 0 Å². The summed E-state index contributed by atoms with van der Waals surface area (Å²) in [6.07, 6.45) is 0. The fraction of sp³-hybridized carbons (Fsp3) is 0.176. The standard InChI is InChI=1S/C17H18FN3O2/c1-12(22)21(2)15-8-5-7-14(10-15)20-17(23)19-11-13-6-3-4-9-16(13)18/h3-10H,11H2,1-2H3,(H2,19,20,23). The van der Waals surface area contributed by atoms with Crippen molar-refractivity contribution in [3.8, 4) is 0 Å². The Bertz CT molecular complexity index is 718. The second kappa shape index (κ2) is 7.40. The second-order valence-electron chi connectivity index (χ2n) is 5.03. The second-order valence-corrected chi connectivity index (χ2v) is 5.03. The Kier molecular flexibility index (Phi) is 5.30. The van der Waals surface area contributed by atoms with Crippen LogP contribution in [-0.2, 0) is 11.3 Å². The minimum Gasteiger partial charge on any atom is -0.334 e. The van der Waals surface area contributed by atoms with Gasteiger partial charge in [0.1, 0.15) is 5.82 Å². The molecule has 5 nitrogen and oxygen atoms in total. The molecule has 0 heterocycles. The van der Waals surface area contributed by atoms with E-state index in [1.807, 2.05) is 0 Å². The number of rotatable bonds is 4. The first-order valence-electron chi connectivity index (χ1n) is 7.10. The molecule has 0 saturated heterocycles. The number of urea groups is 1. The van der Waals surface area contributed by atoms with Crippen molar-refractivity contribution in [2.24, 2.45) is 0 Å². The first-order chi connectivity index (χ1) is 11.0. The van der Waals surface area contributed by atoms with E-state index >= 15 is 0 Å². The van der Waals surface area contributed by atoms with Gasteiger partial charge in [0, 0.05) is 37.5 Å². The fourth-order valence-corrected chi connectivity index (χ4v) is 1.97. The molecule has 0 spiro atoms. The Morgan fingerprint density at radius 1 is 1.13 bits per heavy atom. The lowest BCUT2D eigenvalue weighted by Crippen LogP contribution is -2.28. The number of anilines is 2. The van der Waals surface area contributed by atoms with Gasteiger partial charge in [-0.15, -0.1) is 0 Å². The number of nitrogens with zero attached hydrogens (tertiary/aromatic N) is 1. The van der Waals surface area contributed by atoms with E-state index in [0.29, 0.717) is 16.9 Å². The number of halogens is 1. The topological polar surface area (TPSA) is 61.4 Å². The summed E-state index contributed by atoms with van der Waals surface area (Å²) in [5, 5.41) is 5.24. The Balaban J connectivity index is 1.96. The molecule has 2 aromatic carbocycles. The largest absolute Gasteiger partial charge is 0.334 e. The van der Waals surface area contributed by atoms with E-state index in [-0.39, 0.29) is 18.3 Å². The average Bonchev–Trinajstić information content (AvgIpc) is 2.53. The molecule has 0 aliphatic carbocycles. The van der Waals surface area contributed by atoms with Gasteiger partial charge in [0.2, 0.25) is 5.91 Å². The minimum atomic E-state index is -0.448. The van der Waals surface area contributed by atoms with Gasteiger partial charge in [-0.1, -0.05) is 24.3 Å². The number of nitrogens with one attached hydrogen (secondary N) is 2. The summed E-state index contributed by atoms with van der Waals surface area (Å²) in [5.41, 5.74) is 1.62. The highest BCUT2D eigenvalue weighted by atomic mass is 19.1. The van der Waals surface area contributed by atoms with E-state index in [9.17, 15) is 14.0 Å². The predicted octanol–water partition coefficient (Wildman–Crippen LogP) is 3.13. The smallest absolute Gasteiger partial charge is 0.319 e. The molecule has 0 aromatic heterocycles. The molecule has 23 heavy (non-hydrogen) atoms. The quantitative estimate of drug-likeness (QED) is 0.910. The van der Waals surface area contributed by atoms with E-state index in [2.05, 4.69) is 10.6 Å². The van der Waals surface area contributed by atoms with Crippen LogP contribution in [0.5, 0.6) is 0 Å². The third-order valence-electron chi connectivity index (χ3n) is 3.36. The summed E-state index contributed by atoms with van der Waals surface area (Å²) in [6.45, 7) is 1.55. The summed E-state index contributed by atoms with van der Waals surface area (Å²) >= 11 is 0. The molecule has 0 radical (unpaired) electrons. The van der Waals surface area contributed by atoms with E-state index in [1.54, 1.807) is 49.5 Å². The Morgan fingerprint density at radius 3 is 2.57 bits per heavy atom. The van der Waals surface area contributed by atoms with Gasteiger partial charge < -0.3 is 15.5 Å².